The van der Waals surface area contributed by atoms with Crippen molar-refractivity contribution in [2.24, 2.45) is 0 Å². The monoisotopic (exact) mass is 341 g/mol. The lowest BCUT2D eigenvalue weighted by atomic mass is 10.1. The third kappa shape index (κ3) is 3.20. The van der Waals surface area contributed by atoms with E-state index in [-0.39, 0.29) is 0 Å². The summed E-state index contributed by atoms with van der Waals surface area (Å²) in [6.45, 7) is 3.05. The van der Waals surface area contributed by atoms with E-state index in [1.807, 2.05) is 35.6 Å². The summed E-state index contributed by atoms with van der Waals surface area (Å²) in [6, 6.07) is 12.0. The molecule has 1 saturated heterocycles. The molecule has 0 spiro atoms. The lowest BCUT2D eigenvalue weighted by Crippen LogP contribution is -2.19. The van der Waals surface area contributed by atoms with Crippen LogP contribution in [-0.2, 0) is 6.54 Å². The van der Waals surface area contributed by atoms with E-state index in [4.69, 9.17) is 9.15 Å². The standard InChI is InChI=1S/C18H19N3O2S/c1-22-15-6-4-13(5-7-15)17-19-20-18(23-17)14-8-9-21(11-14)12-16-3-2-10-24-16/h2-7,10,14H,8-9,11-12H2,1H3. The predicted octanol–water partition coefficient (Wildman–Crippen LogP) is 3.80. The number of ether oxygens (including phenoxy) is 1. The Labute approximate surface area is 144 Å². The summed E-state index contributed by atoms with van der Waals surface area (Å²) in [5.41, 5.74) is 0.919. The van der Waals surface area contributed by atoms with Crippen LogP contribution in [0.1, 0.15) is 23.1 Å². The molecule has 5 nitrogen and oxygen atoms in total. The van der Waals surface area contributed by atoms with Crippen LogP contribution in [0.4, 0.5) is 0 Å². The third-order valence-electron chi connectivity index (χ3n) is 4.36. The van der Waals surface area contributed by atoms with Crippen molar-refractivity contribution in [2.45, 2.75) is 18.9 Å². The van der Waals surface area contributed by atoms with Crippen molar-refractivity contribution in [3.63, 3.8) is 0 Å². The lowest BCUT2D eigenvalue weighted by molar-refractivity contribution is 0.323. The number of nitrogens with zero attached hydrogens (tertiary/aromatic N) is 3. The zero-order chi connectivity index (χ0) is 16.4. The zero-order valence-electron chi connectivity index (χ0n) is 13.5. The minimum Gasteiger partial charge on any atom is -0.497 e. The largest absolute Gasteiger partial charge is 0.497 e. The number of methoxy groups -OCH3 is 1. The van der Waals surface area contributed by atoms with Crippen molar-refractivity contribution in [3.05, 3.63) is 52.5 Å². The molecule has 6 heteroatoms. The number of likely N-dealkylation sites (tertiary alicyclic amines) is 1. The highest BCUT2D eigenvalue weighted by Gasteiger charge is 2.28. The Morgan fingerprint density at radius 1 is 1.25 bits per heavy atom. The molecule has 24 heavy (non-hydrogen) atoms. The van der Waals surface area contributed by atoms with Crippen LogP contribution in [0.5, 0.6) is 5.75 Å². The van der Waals surface area contributed by atoms with E-state index < -0.39 is 0 Å². The first kappa shape index (κ1) is 15.4. The normalized spacial score (nSPS) is 18.1. The highest BCUT2D eigenvalue weighted by Crippen LogP contribution is 2.30. The molecule has 3 aromatic rings. The zero-order valence-corrected chi connectivity index (χ0v) is 14.3. The van der Waals surface area contributed by atoms with E-state index in [0.29, 0.717) is 11.8 Å². The van der Waals surface area contributed by atoms with Crippen molar-refractivity contribution in [3.8, 4) is 17.2 Å². The molecule has 1 aliphatic rings. The SMILES string of the molecule is COc1ccc(-c2nnc(C3CCN(Cc4cccs4)C3)o2)cc1. The molecule has 4 rings (SSSR count). The van der Waals surface area contributed by atoms with Gasteiger partial charge in [0.25, 0.3) is 0 Å². The van der Waals surface area contributed by atoms with Gasteiger partial charge in [0.05, 0.1) is 13.0 Å². The van der Waals surface area contributed by atoms with E-state index in [1.165, 1.54) is 4.88 Å². The van der Waals surface area contributed by atoms with Gasteiger partial charge >= 0.3 is 0 Å². The molecule has 0 radical (unpaired) electrons. The Morgan fingerprint density at radius 2 is 2.12 bits per heavy atom. The molecule has 124 valence electrons. The molecule has 1 aliphatic heterocycles. The predicted molar refractivity (Wildman–Crippen MR) is 93.2 cm³/mol. The van der Waals surface area contributed by atoms with Gasteiger partial charge in [-0.3, -0.25) is 4.90 Å². The van der Waals surface area contributed by atoms with E-state index in [9.17, 15) is 0 Å². The molecule has 0 saturated carbocycles. The fraction of sp³-hybridized carbons (Fsp3) is 0.333. The van der Waals surface area contributed by atoms with Crippen molar-refractivity contribution in [2.75, 3.05) is 20.2 Å². The smallest absolute Gasteiger partial charge is 0.247 e. The second kappa shape index (κ2) is 6.75. The third-order valence-corrected chi connectivity index (χ3v) is 5.22. The minimum atomic E-state index is 0.324. The van der Waals surface area contributed by atoms with E-state index in [1.54, 1.807) is 7.11 Å². The van der Waals surface area contributed by atoms with Gasteiger partial charge in [0.1, 0.15) is 5.75 Å². The molecule has 0 bridgehead atoms. The first-order valence-corrected chi connectivity index (χ1v) is 8.92. The van der Waals surface area contributed by atoms with E-state index >= 15 is 0 Å². The van der Waals surface area contributed by atoms with Gasteiger partial charge in [0, 0.05) is 23.5 Å². The summed E-state index contributed by atoms with van der Waals surface area (Å²) in [5, 5.41) is 10.6. The number of thiophene rings is 1. The van der Waals surface area contributed by atoms with Crippen LogP contribution in [-0.4, -0.2) is 35.3 Å². The Bertz CT molecular complexity index is 783. The number of rotatable bonds is 5. The number of benzene rings is 1. The minimum absolute atomic E-state index is 0.324. The molecule has 0 amide bonds. The Kier molecular flexibility index (Phi) is 4.32. The van der Waals surface area contributed by atoms with Gasteiger partial charge < -0.3 is 9.15 Å². The van der Waals surface area contributed by atoms with Crippen molar-refractivity contribution in [1.82, 2.24) is 15.1 Å². The molecule has 3 heterocycles. The molecule has 1 aromatic carbocycles. The number of hydrogen-bond donors (Lipinski definition) is 0. The summed E-state index contributed by atoms with van der Waals surface area (Å²) in [6.07, 6.45) is 1.07. The van der Waals surface area contributed by atoms with Crippen LogP contribution >= 0.6 is 11.3 Å². The molecule has 1 unspecified atom stereocenters. The second-order valence-corrected chi connectivity index (χ2v) is 7.01. The van der Waals surface area contributed by atoms with Crippen molar-refractivity contribution in [1.29, 1.82) is 0 Å². The fourth-order valence-corrected chi connectivity index (χ4v) is 3.80. The first-order valence-electron chi connectivity index (χ1n) is 8.04. The van der Waals surface area contributed by atoms with E-state index in [0.717, 1.165) is 43.3 Å². The van der Waals surface area contributed by atoms with Crippen molar-refractivity contribution >= 4 is 11.3 Å². The molecule has 1 fully saturated rings. The highest BCUT2D eigenvalue weighted by molar-refractivity contribution is 7.09. The lowest BCUT2D eigenvalue weighted by Gasteiger charge is -2.13. The van der Waals surface area contributed by atoms with Crippen LogP contribution in [0, 0.1) is 0 Å². The van der Waals surface area contributed by atoms with Gasteiger partial charge in [-0.25, -0.2) is 0 Å². The van der Waals surface area contributed by atoms with Gasteiger partial charge in [-0.05, 0) is 48.7 Å². The Morgan fingerprint density at radius 3 is 2.88 bits per heavy atom. The number of aromatic nitrogens is 2. The van der Waals surface area contributed by atoms with Gasteiger partial charge in [-0.15, -0.1) is 21.5 Å². The van der Waals surface area contributed by atoms with Crippen LogP contribution < -0.4 is 4.74 Å². The molecule has 0 N–H and O–H groups in total. The maximum Gasteiger partial charge on any atom is 0.247 e. The van der Waals surface area contributed by atoms with Crippen molar-refractivity contribution < 1.29 is 9.15 Å². The molecular formula is C18H19N3O2S. The average molecular weight is 341 g/mol. The quantitative estimate of drug-likeness (QED) is 0.706. The maximum absolute atomic E-state index is 5.92. The van der Waals surface area contributed by atoms with Gasteiger partial charge in [0.2, 0.25) is 11.8 Å². The maximum atomic E-state index is 5.92. The summed E-state index contributed by atoms with van der Waals surface area (Å²) in [4.78, 5) is 3.86. The topological polar surface area (TPSA) is 51.4 Å². The Balaban J connectivity index is 1.43. The molecule has 1 atom stereocenters. The molecule has 2 aromatic heterocycles. The first-order chi connectivity index (χ1) is 11.8. The second-order valence-electron chi connectivity index (χ2n) is 5.97. The molecule has 0 aliphatic carbocycles. The highest BCUT2D eigenvalue weighted by atomic mass is 32.1. The summed E-state index contributed by atoms with van der Waals surface area (Å²) in [7, 11) is 1.65. The summed E-state index contributed by atoms with van der Waals surface area (Å²) in [5.74, 6) is 2.46. The Hall–Kier alpha value is -2.18. The number of hydrogen-bond acceptors (Lipinski definition) is 6. The summed E-state index contributed by atoms with van der Waals surface area (Å²) >= 11 is 1.81. The van der Waals surface area contributed by atoms with Gasteiger partial charge in [-0.2, -0.15) is 0 Å². The van der Waals surface area contributed by atoms with Crippen LogP contribution in [0.25, 0.3) is 11.5 Å². The fourth-order valence-electron chi connectivity index (χ4n) is 3.05. The van der Waals surface area contributed by atoms with E-state index in [2.05, 4.69) is 32.6 Å². The van der Waals surface area contributed by atoms with Gasteiger partial charge in [0.15, 0.2) is 0 Å². The van der Waals surface area contributed by atoms with Gasteiger partial charge in [-0.1, -0.05) is 6.07 Å². The average Bonchev–Trinajstić information content (AvgIpc) is 3.37. The van der Waals surface area contributed by atoms with Crippen LogP contribution in [0.15, 0.2) is 46.2 Å². The summed E-state index contributed by atoms with van der Waals surface area (Å²) < 4.78 is 11.1. The van der Waals surface area contributed by atoms with Crippen LogP contribution in [0.2, 0.25) is 0 Å². The van der Waals surface area contributed by atoms with Crippen LogP contribution in [0.3, 0.4) is 0 Å². The molecular weight excluding hydrogens is 322 g/mol.